The molecule has 0 saturated heterocycles. The fourth-order valence-electron chi connectivity index (χ4n) is 5.54. The summed E-state index contributed by atoms with van der Waals surface area (Å²) < 4.78 is 5.46. The van der Waals surface area contributed by atoms with Crippen molar-refractivity contribution in [2.24, 2.45) is 0 Å². The highest BCUT2D eigenvalue weighted by Gasteiger charge is 2.23. The Morgan fingerprint density at radius 3 is 1.81 bits per heavy atom. The molecule has 0 amide bonds. The highest BCUT2D eigenvalue weighted by Crippen LogP contribution is 2.48. The van der Waals surface area contributed by atoms with Crippen molar-refractivity contribution in [2.75, 3.05) is 7.11 Å². The topological polar surface area (TPSA) is 61.0 Å². The number of H-pyrrole nitrogens is 2. The van der Waals surface area contributed by atoms with Crippen LogP contribution in [0.15, 0.2) is 97.1 Å². The number of methoxy groups -OCH3 is 1. The summed E-state index contributed by atoms with van der Waals surface area (Å²) in [6.07, 6.45) is 0. The van der Waals surface area contributed by atoms with Gasteiger partial charge in [-0.25, -0.2) is 0 Å². The number of hydrogen-bond acceptors (Lipinski definition) is 2. The van der Waals surface area contributed by atoms with Gasteiger partial charge in [-0.05, 0) is 41.0 Å². The molecule has 3 N–H and O–H groups in total. The molecule has 0 unspecified atom stereocenters. The summed E-state index contributed by atoms with van der Waals surface area (Å²) in [5.41, 5.74) is 9.87. The van der Waals surface area contributed by atoms with Gasteiger partial charge in [-0.2, -0.15) is 0 Å². The van der Waals surface area contributed by atoms with Crippen molar-refractivity contribution in [1.29, 1.82) is 0 Å². The second-order valence-electron chi connectivity index (χ2n) is 9.17. The van der Waals surface area contributed by atoms with E-state index in [-0.39, 0.29) is 6.61 Å². The molecule has 174 valence electrons. The predicted molar refractivity (Wildman–Crippen MR) is 149 cm³/mol. The van der Waals surface area contributed by atoms with Gasteiger partial charge < -0.3 is 19.8 Å². The second kappa shape index (κ2) is 8.01. The van der Waals surface area contributed by atoms with Gasteiger partial charge in [-0.3, -0.25) is 0 Å². The van der Waals surface area contributed by atoms with Crippen LogP contribution in [0.25, 0.3) is 65.9 Å². The molecule has 0 saturated carbocycles. The van der Waals surface area contributed by atoms with Crippen molar-refractivity contribution in [2.45, 2.75) is 6.61 Å². The molecule has 0 fully saturated rings. The van der Waals surface area contributed by atoms with Gasteiger partial charge in [-0.15, -0.1) is 0 Å². The van der Waals surface area contributed by atoms with Crippen LogP contribution >= 0.6 is 0 Å². The molecule has 0 radical (unpaired) electrons. The summed E-state index contributed by atoms with van der Waals surface area (Å²) in [6, 6.07) is 33.5. The van der Waals surface area contributed by atoms with Crippen molar-refractivity contribution in [1.82, 2.24) is 9.97 Å². The predicted octanol–water partition coefficient (Wildman–Crippen LogP) is 7.79. The Bertz CT molecular complexity index is 1890. The lowest BCUT2D eigenvalue weighted by Gasteiger charge is -2.16. The van der Waals surface area contributed by atoms with Gasteiger partial charge in [0.05, 0.1) is 24.8 Å². The molecule has 0 aliphatic heterocycles. The third kappa shape index (κ3) is 2.98. The van der Waals surface area contributed by atoms with Crippen molar-refractivity contribution < 1.29 is 9.84 Å². The highest BCUT2D eigenvalue weighted by molar-refractivity contribution is 6.32. The first-order chi connectivity index (χ1) is 17.8. The monoisotopic (exact) mass is 468 g/mol. The molecule has 0 aliphatic carbocycles. The van der Waals surface area contributed by atoms with E-state index in [2.05, 4.69) is 82.8 Å². The molecule has 36 heavy (non-hydrogen) atoms. The number of aromatic nitrogens is 2. The molecule has 2 heterocycles. The molecule has 7 rings (SSSR count). The molecule has 0 atom stereocenters. The number of para-hydroxylation sites is 2. The van der Waals surface area contributed by atoms with Gasteiger partial charge in [0.15, 0.2) is 0 Å². The van der Waals surface area contributed by atoms with E-state index < -0.39 is 0 Å². The molecular weight excluding hydrogens is 444 g/mol. The number of benzene rings is 5. The Labute approximate surface area is 207 Å². The summed E-state index contributed by atoms with van der Waals surface area (Å²) in [4.78, 5) is 7.50. The first-order valence-corrected chi connectivity index (χ1v) is 12.1. The number of rotatable bonds is 4. The second-order valence-corrected chi connectivity index (χ2v) is 9.17. The van der Waals surface area contributed by atoms with E-state index >= 15 is 0 Å². The van der Waals surface area contributed by atoms with Crippen molar-refractivity contribution >= 4 is 43.6 Å². The van der Waals surface area contributed by atoms with Crippen LogP contribution in [0.5, 0.6) is 5.75 Å². The van der Waals surface area contributed by atoms with Crippen molar-refractivity contribution in [3.05, 3.63) is 103 Å². The fraction of sp³-hybridized carbons (Fsp3) is 0.0625. The number of nitrogens with one attached hydrogen (secondary N) is 2. The summed E-state index contributed by atoms with van der Waals surface area (Å²) >= 11 is 0. The number of aromatic amines is 2. The molecule has 2 aromatic heterocycles. The summed E-state index contributed by atoms with van der Waals surface area (Å²) in [7, 11) is 1.69. The van der Waals surface area contributed by atoms with Crippen LogP contribution in [0.2, 0.25) is 0 Å². The maximum Gasteiger partial charge on any atom is 0.118 e. The van der Waals surface area contributed by atoms with Crippen molar-refractivity contribution in [3.63, 3.8) is 0 Å². The molecule has 5 aromatic carbocycles. The van der Waals surface area contributed by atoms with Gasteiger partial charge >= 0.3 is 0 Å². The minimum atomic E-state index is 0.0230. The van der Waals surface area contributed by atoms with Crippen molar-refractivity contribution in [3.8, 4) is 28.0 Å². The molecule has 0 spiro atoms. The Kier molecular flexibility index (Phi) is 4.63. The molecule has 4 nitrogen and oxygen atoms in total. The van der Waals surface area contributed by atoms with Crippen LogP contribution in [0.4, 0.5) is 0 Å². The molecular formula is C32H24N2O2. The Morgan fingerprint density at radius 1 is 0.611 bits per heavy atom. The Hall–Kier alpha value is -4.54. The summed E-state index contributed by atoms with van der Waals surface area (Å²) in [5, 5.41) is 14.4. The highest BCUT2D eigenvalue weighted by atomic mass is 16.5. The average molecular weight is 469 g/mol. The van der Waals surface area contributed by atoms with E-state index in [1.54, 1.807) is 7.11 Å². The quantitative estimate of drug-likeness (QED) is 0.247. The van der Waals surface area contributed by atoms with Gasteiger partial charge in [-0.1, -0.05) is 72.8 Å². The van der Waals surface area contributed by atoms with Gasteiger partial charge in [0.1, 0.15) is 5.75 Å². The number of hydrogen-bond donors (Lipinski definition) is 3. The zero-order valence-electron chi connectivity index (χ0n) is 19.8. The lowest BCUT2D eigenvalue weighted by molar-refractivity contribution is 0.282. The molecule has 0 aliphatic rings. The Morgan fingerprint density at radius 2 is 1.17 bits per heavy atom. The smallest absolute Gasteiger partial charge is 0.118 e. The lowest BCUT2D eigenvalue weighted by atomic mass is 9.88. The zero-order valence-corrected chi connectivity index (χ0v) is 19.8. The maximum absolute atomic E-state index is 9.66. The third-order valence-corrected chi connectivity index (χ3v) is 7.22. The molecule has 4 heteroatoms. The molecule has 7 aromatic rings. The van der Waals surface area contributed by atoms with E-state index in [0.29, 0.717) is 0 Å². The molecule has 0 bridgehead atoms. The summed E-state index contributed by atoms with van der Waals surface area (Å²) in [6.45, 7) is 0.0230. The van der Waals surface area contributed by atoms with E-state index in [9.17, 15) is 5.11 Å². The van der Waals surface area contributed by atoms with Gasteiger partial charge in [0, 0.05) is 43.7 Å². The first kappa shape index (κ1) is 20.8. The standard InChI is InChI=1S/C32H24N2O2/c1-36-22-16-14-21(15-17-22)28-27(20-12-10-19(18-35)11-13-20)29-23-6-2-4-8-25(23)34-32(29)30-24-7-3-5-9-26(24)33-31(28)30/h2-17,33-35H,18H2,1H3. The van der Waals surface area contributed by atoms with Crippen LogP contribution in [0, 0.1) is 0 Å². The number of ether oxygens (including phenoxy) is 1. The average Bonchev–Trinajstić information content (AvgIpc) is 3.51. The zero-order chi connectivity index (χ0) is 24.2. The van der Waals surface area contributed by atoms with Gasteiger partial charge in [0.25, 0.3) is 0 Å². The summed E-state index contributed by atoms with van der Waals surface area (Å²) in [5.74, 6) is 0.827. The largest absolute Gasteiger partial charge is 0.497 e. The maximum atomic E-state index is 9.66. The normalized spacial score (nSPS) is 11.7. The first-order valence-electron chi connectivity index (χ1n) is 12.1. The number of aliphatic hydroxyl groups is 1. The minimum absolute atomic E-state index is 0.0230. The lowest BCUT2D eigenvalue weighted by Crippen LogP contribution is -1.92. The SMILES string of the molecule is COc1ccc(-c2c(-c3ccc(CO)cc3)c3c4ccccc4[nH]c3c3c2[nH]c2ccccc23)cc1. The van der Waals surface area contributed by atoms with E-state index in [1.165, 1.54) is 21.5 Å². The third-order valence-electron chi connectivity index (χ3n) is 7.22. The van der Waals surface area contributed by atoms with E-state index in [1.807, 2.05) is 24.3 Å². The van der Waals surface area contributed by atoms with Crippen LogP contribution in [0.1, 0.15) is 5.56 Å². The van der Waals surface area contributed by atoms with E-state index in [0.717, 1.165) is 55.6 Å². The Balaban J connectivity index is 1.74. The minimum Gasteiger partial charge on any atom is -0.497 e. The number of aliphatic hydroxyl groups excluding tert-OH is 1. The van der Waals surface area contributed by atoms with Crippen LogP contribution in [0.3, 0.4) is 0 Å². The van der Waals surface area contributed by atoms with Gasteiger partial charge in [0.2, 0.25) is 0 Å². The van der Waals surface area contributed by atoms with Crippen LogP contribution < -0.4 is 4.74 Å². The number of fused-ring (bicyclic) bond motifs is 7. The fourth-order valence-corrected chi connectivity index (χ4v) is 5.54. The van der Waals surface area contributed by atoms with Crippen LogP contribution in [-0.2, 0) is 6.61 Å². The van der Waals surface area contributed by atoms with Crippen LogP contribution in [-0.4, -0.2) is 22.2 Å². The van der Waals surface area contributed by atoms with E-state index in [4.69, 9.17) is 4.74 Å².